The zero-order valence-electron chi connectivity index (χ0n) is 14.6. The molecule has 2 aliphatic rings. The first-order chi connectivity index (χ1) is 12.3. The molecule has 2 fully saturated rings. The molecule has 0 radical (unpaired) electrons. The molecular formula is C20H25N3OS. The van der Waals surface area contributed by atoms with Gasteiger partial charge < -0.3 is 4.90 Å². The summed E-state index contributed by atoms with van der Waals surface area (Å²) in [6.45, 7) is 4.26. The van der Waals surface area contributed by atoms with Crippen LogP contribution in [0.2, 0.25) is 0 Å². The van der Waals surface area contributed by atoms with Crippen LogP contribution in [0.3, 0.4) is 0 Å². The van der Waals surface area contributed by atoms with Crippen LogP contribution in [0.1, 0.15) is 48.5 Å². The number of nitrogens with zero attached hydrogens (tertiary/aromatic N) is 3. The van der Waals surface area contributed by atoms with Gasteiger partial charge in [0.25, 0.3) is 0 Å². The molecule has 25 heavy (non-hydrogen) atoms. The summed E-state index contributed by atoms with van der Waals surface area (Å²) in [5, 5.41) is 4.10. The van der Waals surface area contributed by atoms with Crippen molar-refractivity contribution >= 4 is 17.2 Å². The average Bonchev–Trinajstić information content (AvgIpc) is 3.38. The van der Waals surface area contributed by atoms with Gasteiger partial charge in [0.1, 0.15) is 0 Å². The van der Waals surface area contributed by atoms with Crippen LogP contribution >= 0.6 is 11.3 Å². The second-order valence-electron chi connectivity index (χ2n) is 7.13. The molecule has 2 aromatic rings. The van der Waals surface area contributed by atoms with E-state index >= 15 is 0 Å². The van der Waals surface area contributed by atoms with Gasteiger partial charge in [0, 0.05) is 19.3 Å². The number of rotatable bonds is 5. The minimum atomic E-state index is 0.145. The third-order valence-corrected chi connectivity index (χ3v) is 6.03. The van der Waals surface area contributed by atoms with Gasteiger partial charge >= 0.3 is 0 Å². The lowest BCUT2D eigenvalue weighted by molar-refractivity contribution is -0.131. The van der Waals surface area contributed by atoms with Crippen LogP contribution < -0.4 is 0 Å². The van der Waals surface area contributed by atoms with Gasteiger partial charge in [0.15, 0.2) is 0 Å². The number of thiophene rings is 1. The van der Waals surface area contributed by atoms with Crippen molar-refractivity contribution in [3.8, 4) is 0 Å². The van der Waals surface area contributed by atoms with Gasteiger partial charge in [-0.25, -0.2) is 0 Å². The van der Waals surface area contributed by atoms with E-state index < -0.39 is 0 Å². The van der Waals surface area contributed by atoms with Crippen LogP contribution in [-0.2, 0) is 17.8 Å². The number of hydrogen-bond donors (Lipinski definition) is 0. The Bertz CT molecular complexity index is 692. The molecule has 4 nitrogen and oxygen atoms in total. The molecule has 0 aliphatic carbocycles. The molecule has 0 spiro atoms. The first-order valence-electron chi connectivity index (χ1n) is 9.27. The normalized spacial score (nSPS) is 21.1. The largest absolute Gasteiger partial charge is 0.334 e. The Morgan fingerprint density at radius 1 is 1.12 bits per heavy atom. The van der Waals surface area contributed by atoms with Crippen molar-refractivity contribution in [2.45, 2.75) is 44.7 Å². The quantitative estimate of drug-likeness (QED) is 0.821. The SMILES string of the molecule is O=C(Cc1ccsc1)N1CCC[C@@H]1c1ccc(CN2CCCC2)cn1. The summed E-state index contributed by atoms with van der Waals surface area (Å²) in [4.78, 5) is 21.9. The van der Waals surface area contributed by atoms with Gasteiger partial charge in [-0.05, 0) is 72.8 Å². The van der Waals surface area contributed by atoms with Crippen molar-refractivity contribution in [2.24, 2.45) is 0 Å². The maximum atomic E-state index is 12.7. The van der Waals surface area contributed by atoms with E-state index in [9.17, 15) is 4.79 Å². The fraction of sp³-hybridized carbons (Fsp3) is 0.500. The lowest BCUT2D eigenvalue weighted by Crippen LogP contribution is -2.32. The van der Waals surface area contributed by atoms with Gasteiger partial charge in [-0.2, -0.15) is 11.3 Å². The Labute approximate surface area is 153 Å². The number of likely N-dealkylation sites (tertiary alicyclic amines) is 2. The summed E-state index contributed by atoms with van der Waals surface area (Å²) in [5.74, 6) is 0.226. The Kier molecular flexibility index (Phi) is 5.13. The number of carbonyl (C=O) groups is 1. The number of pyridine rings is 1. The number of hydrogen-bond acceptors (Lipinski definition) is 4. The van der Waals surface area contributed by atoms with E-state index in [-0.39, 0.29) is 11.9 Å². The molecule has 0 bridgehead atoms. The third kappa shape index (κ3) is 3.93. The molecule has 2 saturated heterocycles. The second-order valence-corrected chi connectivity index (χ2v) is 7.91. The first kappa shape index (κ1) is 16.7. The molecule has 0 aromatic carbocycles. The fourth-order valence-corrected chi connectivity index (χ4v) is 4.64. The van der Waals surface area contributed by atoms with Gasteiger partial charge in [-0.3, -0.25) is 14.7 Å². The maximum absolute atomic E-state index is 12.7. The molecule has 132 valence electrons. The maximum Gasteiger partial charge on any atom is 0.227 e. The van der Waals surface area contributed by atoms with Crippen LogP contribution in [0, 0.1) is 0 Å². The van der Waals surface area contributed by atoms with E-state index in [4.69, 9.17) is 4.98 Å². The standard InChI is InChI=1S/C20H25N3OS/c24-20(12-16-7-11-25-15-16)23-10-3-4-19(23)18-6-5-17(13-21-18)14-22-8-1-2-9-22/h5-7,11,13,15,19H,1-4,8-10,12,14H2/t19-/m1/s1. The number of amides is 1. The molecule has 5 heteroatoms. The smallest absolute Gasteiger partial charge is 0.227 e. The van der Waals surface area contributed by atoms with Crippen molar-refractivity contribution in [3.05, 3.63) is 52.0 Å². The number of aromatic nitrogens is 1. The van der Waals surface area contributed by atoms with E-state index in [1.165, 1.54) is 31.5 Å². The molecule has 1 amide bonds. The number of carbonyl (C=O) groups excluding carboxylic acids is 1. The highest BCUT2D eigenvalue weighted by molar-refractivity contribution is 7.08. The van der Waals surface area contributed by atoms with Crippen molar-refractivity contribution in [2.75, 3.05) is 19.6 Å². The summed E-state index contributed by atoms with van der Waals surface area (Å²) in [6, 6.07) is 6.51. The highest BCUT2D eigenvalue weighted by atomic mass is 32.1. The predicted molar refractivity (Wildman–Crippen MR) is 100 cm³/mol. The molecule has 0 unspecified atom stereocenters. The minimum Gasteiger partial charge on any atom is -0.334 e. The summed E-state index contributed by atoms with van der Waals surface area (Å²) in [7, 11) is 0. The molecule has 4 heterocycles. The van der Waals surface area contributed by atoms with Crippen molar-refractivity contribution in [1.82, 2.24) is 14.8 Å². The van der Waals surface area contributed by atoms with E-state index in [1.807, 2.05) is 22.5 Å². The minimum absolute atomic E-state index is 0.145. The molecule has 2 aliphatic heterocycles. The molecule has 0 N–H and O–H groups in total. The van der Waals surface area contributed by atoms with Gasteiger partial charge in [-0.15, -0.1) is 0 Å². The lowest BCUT2D eigenvalue weighted by Gasteiger charge is -2.24. The van der Waals surface area contributed by atoms with E-state index in [2.05, 4.69) is 22.4 Å². The van der Waals surface area contributed by atoms with Crippen molar-refractivity contribution in [3.63, 3.8) is 0 Å². The Hall–Kier alpha value is -1.72. The van der Waals surface area contributed by atoms with E-state index in [1.54, 1.807) is 11.3 Å². The molecule has 0 saturated carbocycles. The zero-order chi connectivity index (χ0) is 17.1. The molecule has 4 rings (SSSR count). The van der Waals surface area contributed by atoms with E-state index in [0.717, 1.165) is 37.2 Å². The van der Waals surface area contributed by atoms with Crippen molar-refractivity contribution in [1.29, 1.82) is 0 Å². The van der Waals surface area contributed by atoms with Crippen LogP contribution in [0.4, 0.5) is 0 Å². The van der Waals surface area contributed by atoms with Gasteiger partial charge in [0.2, 0.25) is 5.91 Å². The molecule has 2 aromatic heterocycles. The van der Waals surface area contributed by atoms with Crippen LogP contribution in [0.5, 0.6) is 0 Å². The predicted octanol–water partition coefficient (Wildman–Crippen LogP) is 3.65. The highest BCUT2D eigenvalue weighted by Crippen LogP contribution is 2.31. The molecular weight excluding hydrogens is 330 g/mol. The lowest BCUT2D eigenvalue weighted by atomic mass is 10.1. The third-order valence-electron chi connectivity index (χ3n) is 5.30. The molecule has 1 atom stereocenters. The van der Waals surface area contributed by atoms with Gasteiger partial charge in [-0.1, -0.05) is 6.07 Å². The van der Waals surface area contributed by atoms with Crippen LogP contribution in [0.25, 0.3) is 0 Å². The summed E-state index contributed by atoms with van der Waals surface area (Å²) in [6.07, 6.45) is 7.23. The topological polar surface area (TPSA) is 36.4 Å². The average molecular weight is 356 g/mol. The Balaban J connectivity index is 1.41. The highest BCUT2D eigenvalue weighted by Gasteiger charge is 2.30. The van der Waals surface area contributed by atoms with Crippen LogP contribution in [0.15, 0.2) is 35.2 Å². The fourth-order valence-electron chi connectivity index (χ4n) is 3.97. The van der Waals surface area contributed by atoms with Crippen LogP contribution in [-0.4, -0.2) is 40.3 Å². The summed E-state index contributed by atoms with van der Waals surface area (Å²) >= 11 is 1.65. The first-order valence-corrected chi connectivity index (χ1v) is 10.2. The Morgan fingerprint density at radius 2 is 2.00 bits per heavy atom. The van der Waals surface area contributed by atoms with Crippen molar-refractivity contribution < 1.29 is 4.79 Å². The summed E-state index contributed by atoms with van der Waals surface area (Å²) < 4.78 is 0. The monoisotopic (exact) mass is 355 g/mol. The van der Waals surface area contributed by atoms with Gasteiger partial charge in [0.05, 0.1) is 18.2 Å². The Morgan fingerprint density at radius 3 is 2.72 bits per heavy atom. The zero-order valence-corrected chi connectivity index (χ0v) is 15.4. The summed E-state index contributed by atoms with van der Waals surface area (Å²) in [5.41, 5.74) is 3.44. The second kappa shape index (κ2) is 7.67. The van der Waals surface area contributed by atoms with E-state index in [0.29, 0.717) is 6.42 Å².